The second-order valence-corrected chi connectivity index (χ2v) is 6.35. The molecule has 0 fully saturated rings. The van der Waals surface area contributed by atoms with Crippen LogP contribution in [0.2, 0.25) is 5.22 Å². The van der Waals surface area contributed by atoms with Gasteiger partial charge in [0.25, 0.3) is 0 Å². The molecule has 7 heteroatoms. The van der Waals surface area contributed by atoms with Crippen molar-refractivity contribution in [2.75, 3.05) is 18.4 Å². The first-order chi connectivity index (χ1) is 12.4. The highest BCUT2D eigenvalue weighted by Crippen LogP contribution is 2.21. The maximum Gasteiger partial charge on any atom is 0.229 e. The second kappa shape index (κ2) is 9.38. The van der Waals surface area contributed by atoms with Crippen molar-refractivity contribution in [1.82, 2.24) is 10.1 Å². The Kier molecular flexibility index (Phi) is 7.21. The van der Waals surface area contributed by atoms with Crippen LogP contribution >= 0.6 is 11.6 Å². The molecule has 0 aliphatic heterocycles. The number of hydrogen-bond acceptors (Lipinski definition) is 4. The van der Waals surface area contributed by atoms with E-state index in [9.17, 15) is 9.59 Å². The standard InChI is InChI=1S/C19H24ClN3O3/c1-4-23(5-2)18(25)12-14-6-8-15(9-7-14)21-17(24)11-10-16-13(3)22-26-19(16)20/h6-9H,4-5,10-12H2,1-3H3,(H,21,24). The number of carbonyl (C=O) groups excluding carboxylic acids is 2. The van der Waals surface area contributed by atoms with Gasteiger partial charge in [-0.2, -0.15) is 0 Å². The molecule has 0 bridgehead atoms. The number of carbonyl (C=O) groups is 2. The smallest absolute Gasteiger partial charge is 0.229 e. The van der Waals surface area contributed by atoms with Gasteiger partial charge in [-0.15, -0.1) is 0 Å². The van der Waals surface area contributed by atoms with Gasteiger partial charge in [0.2, 0.25) is 17.0 Å². The number of nitrogens with one attached hydrogen (secondary N) is 1. The van der Waals surface area contributed by atoms with Gasteiger partial charge in [-0.05, 0) is 56.5 Å². The van der Waals surface area contributed by atoms with E-state index in [-0.39, 0.29) is 23.5 Å². The maximum atomic E-state index is 12.1. The fraction of sp³-hybridized carbons (Fsp3) is 0.421. The quantitative estimate of drug-likeness (QED) is 0.762. The molecule has 0 radical (unpaired) electrons. The molecular formula is C19H24ClN3O3. The number of halogens is 1. The van der Waals surface area contributed by atoms with E-state index in [4.69, 9.17) is 16.1 Å². The lowest BCUT2D eigenvalue weighted by molar-refractivity contribution is -0.130. The van der Waals surface area contributed by atoms with Crippen LogP contribution in [0.3, 0.4) is 0 Å². The number of nitrogens with zero attached hydrogens (tertiary/aromatic N) is 2. The molecule has 6 nitrogen and oxygen atoms in total. The lowest BCUT2D eigenvalue weighted by Gasteiger charge is -2.18. The van der Waals surface area contributed by atoms with E-state index in [1.165, 1.54) is 0 Å². The van der Waals surface area contributed by atoms with Gasteiger partial charge in [0.1, 0.15) is 0 Å². The Morgan fingerprint density at radius 2 is 1.85 bits per heavy atom. The van der Waals surface area contributed by atoms with Crippen molar-refractivity contribution in [2.24, 2.45) is 0 Å². The van der Waals surface area contributed by atoms with E-state index in [0.717, 1.165) is 11.1 Å². The van der Waals surface area contributed by atoms with Crippen molar-refractivity contribution in [3.63, 3.8) is 0 Å². The monoisotopic (exact) mass is 377 g/mol. The van der Waals surface area contributed by atoms with Gasteiger partial charge in [0, 0.05) is 30.8 Å². The van der Waals surface area contributed by atoms with Gasteiger partial charge in [0.15, 0.2) is 0 Å². The van der Waals surface area contributed by atoms with Crippen LogP contribution in [-0.4, -0.2) is 35.0 Å². The third kappa shape index (κ3) is 5.33. The van der Waals surface area contributed by atoms with Gasteiger partial charge in [0.05, 0.1) is 12.1 Å². The van der Waals surface area contributed by atoms with Crippen molar-refractivity contribution >= 4 is 29.1 Å². The Morgan fingerprint density at radius 1 is 1.19 bits per heavy atom. The largest absolute Gasteiger partial charge is 0.344 e. The highest BCUT2D eigenvalue weighted by Gasteiger charge is 2.13. The summed E-state index contributed by atoms with van der Waals surface area (Å²) in [7, 11) is 0. The normalized spacial score (nSPS) is 10.6. The van der Waals surface area contributed by atoms with Gasteiger partial charge in [-0.3, -0.25) is 9.59 Å². The van der Waals surface area contributed by atoms with Crippen molar-refractivity contribution in [3.05, 3.63) is 46.3 Å². The van der Waals surface area contributed by atoms with Gasteiger partial charge >= 0.3 is 0 Å². The van der Waals surface area contributed by atoms with Gasteiger partial charge in [-0.25, -0.2) is 0 Å². The van der Waals surface area contributed by atoms with Crippen LogP contribution in [0.1, 0.15) is 37.1 Å². The van der Waals surface area contributed by atoms with Gasteiger partial charge in [-0.1, -0.05) is 17.3 Å². The Morgan fingerprint density at radius 3 is 2.38 bits per heavy atom. The first-order valence-corrected chi connectivity index (χ1v) is 9.09. The fourth-order valence-electron chi connectivity index (χ4n) is 2.67. The summed E-state index contributed by atoms with van der Waals surface area (Å²) in [5.74, 6) is -0.0126. The third-order valence-electron chi connectivity index (χ3n) is 4.25. The topological polar surface area (TPSA) is 75.4 Å². The average molecular weight is 378 g/mol. The lowest BCUT2D eigenvalue weighted by atomic mass is 10.1. The number of anilines is 1. The van der Waals surface area contributed by atoms with Crippen LogP contribution in [0.15, 0.2) is 28.8 Å². The summed E-state index contributed by atoms with van der Waals surface area (Å²) in [6, 6.07) is 7.33. The highest BCUT2D eigenvalue weighted by atomic mass is 35.5. The highest BCUT2D eigenvalue weighted by molar-refractivity contribution is 6.29. The van der Waals surface area contributed by atoms with Gasteiger partial charge < -0.3 is 14.7 Å². The second-order valence-electron chi connectivity index (χ2n) is 6.01. The molecule has 0 aliphatic carbocycles. The minimum atomic E-state index is -0.117. The molecule has 0 saturated carbocycles. The van der Waals surface area contributed by atoms with Crippen LogP contribution in [0, 0.1) is 6.92 Å². The zero-order chi connectivity index (χ0) is 19.1. The van der Waals surface area contributed by atoms with Crippen molar-refractivity contribution in [3.8, 4) is 0 Å². The predicted octanol–water partition coefficient (Wildman–Crippen LogP) is 3.62. The molecule has 1 heterocycles. The number of aromatic nitrogens is 1. The number of rotatable bonds is 8. The predicted molar refractivity (Wildman–Crippen MR) is 101 cm³/mol. The summed E-state index contributed by atoms with van der Waals surface area (Å²) in [4.78, 5) is 26.0. The van der Waals surface area contributed by atoms with E-state index in [1.807, 2.05) is 26.0 Å². The summed E-state index contributed by atoms with van der Waals surface area (Å²) < 4.78 is 4.88. The molecule has 2 rings (SSSR count). The Balaban J connectivity index is 1.86. The zero-order valence-electron chi connectivity index (χ0n) is 15.3. The van der Waals surface area contributed by atoms with E-state index in [2.05, 4.69) is 10.5 Å². The minimum Gasteiger partial charge on any atom is -0.344 e. The lowest BCUT2D eigenvalue weighted by Crippen LogP contribution is -2.31. The minimum absolute atomic E-state index is 0.104. The SMILES string of the molecule is CCN(CC)C(=O)Cc1ccc(NC(=O)CCc2c(C)noc2Cl)cc1. The molecule has 0 aliphatic rings. The van der Waals surface area contributed by atoms with E-state index in [1.54, 1.807) is 24.0 Å². The molecule has 0 atom stereocenters. The first kappa shape index (κ1) is 20.0. The van der Waals surface area contributed by atoms with Crippen LogP contribution in [0.25, 0.3) is 0 Å². The van der Waals surface area contributed by atoms with Crippen LogP contribution in [0.4, 0.5) is 5.69 Å². The Bertz CT molecular complexity index is 732. The molecule has 0 unspecified atom stereocenters. The summed E-state index contributed by atoms with van der Waals surface area (Å²) in [6.45, 7) is 7.14. The third-order valence-corrected chi connectivity index (χ3v) is 4.55. The van der Waals surface area contributed by atoms with Crippen LogP contribution in [-0.2, 0) is 22.4 Å². The molecule has 26 heavy (non-hydrogen) atoms. The summed E-state index contributed by atoms with van der Waals surface area (Å²) in [6.07, 6.45) is 1.11. The summed E-state index contributed by atoms with van der Waals surface area (Å²) in [5.41, 5.74) is 3.08. The molecule has 0 spiro atoms. The average Bonchev–Trinajstić information content (AvgIpc) is 2.94. The summed E-state index contributed by atoms with van der Waals surface area (Å²) in [5, 5.41) is 6.84. The van der Waals surface area contributed by atoms with Crippen LogP contribution < -0.4 is 5.32 Å². The Hall–Kier alpha value is -2.34. The summed E-state index contributed by atoms with van der Waals surface area (Å²) >= 11 is 5.90. The van der Waals surface area contributed by atoms with Crippen molar-refractivity contribution < 1.29 is 14.1 Å². The number of likely N-dealkylation sites (N-methyl/N-ethyl adjacent to an activating group) is 1. The molecule has 0 saturated heterocycles. The molecule has 2 amide bonds. The van der Waals surface area contributed by atoms with E-state index >= 15 is 0 Å². The molecule has 2 aromatic rings. The van der Waals surface area contributed by atoms with E-state index < -0.39 is 0 Å². The van der Waals surface area contributed by atoms with E-state index in [0.29, 0.717) is 37.3 Å². The number of benzene rings is 1. The number of hydrogen-bond donors (Lipinski definition) is 1. The molecule has 140 valence electrons. The number of aryl methyl sites for hydroxylation is 1. The van der Waals surface area contributed by atoms with Crippen molar-refractivity contribution in [2.45, 2.75) is 40.0 Å². The van der Waals surface area contributed by atoms with Crippen LogP contribution in [0.5, 0.6) is 0 Å². The molecule has 1 aromatic carbocycles. The fourth-order valence-corrected chi connectivity index (χ4v) is 2.94. The Labute approximate surface area is 158 Å². The zero-order valence-corrected chi connectivity index (χ0v) is 16.1. The molecule has 1 N–H and O–H groups in total. The number of amides is 2. The first-order valence-electron chi connectivity index (χ1n) is 8.71. The van der Waals surface area contributed by atoms with Crippen molar-refractivity contribution in [1.29, 1.82) is 0 Å². The molecule has 1 aromatic heterocycles. The maximum absolute atomic E-state index is 12.1. The molecular weight excluding hydrogens is 354 g/mol.